The van der Waals surface area contributed by atoms with Crippen LogP contribution in [0.25, 0.3) is 0 Å². The number of carbonyl (C=O) groups is 1. The van der Waals surface area contributed by atoms with Crippen molar-refractivity contribution in [1.29, 1.82) is 0 Å². The van der Waals surface area contributed by atoms with Crippen molar-refractivity contribution >= 4 is 23.2 Å². The molecule has 0 atom stereocenters. The number of alkyl halides is 3. The molecule has 1 fully saturated rings. The Morgan fingerprint density at radius 3 is 2.48 bits per heavy atom. The quantitative estimate of drug-likeness (QED) is 0.906. The number of hydrogen-bond donors (Lipinski definition) is 1. The molecule has 0 unspecified atom stereocenters. The molecule has 1 aromatic heterocycles. The average molecular weight is 342 g/mol. The number of rotatable bonds is 3. The van der Waals surface area contributed by atoms with Crippen LogP contribution in [0.5, 0.6) is 0 Å². The standard InChI is InChI=1S/C15H11ClF3N3O/c16-11-4-3-9(7-10(11)15(17,18)19)20-14(23)13-6-5-12(21-22-13)8-1-2-8/h3-8H,1-2H2,(H,20,23). The van der Waals surface area contributed by atoms with Gasteiger partial charge in [-0.3, -0.25) is 4.79 Å². The lowest BCUT2D eigenvalue weighted by Crippen LogP contribution is -2.15. The van der Waals surface area contributed by atoms with Gasteiger partial charge in [0.05, 0.1) is 16.3 Å². The van der Waals surface area contributed by atoms with Gasteiger partial charge in [-0.2, -0.15) is 18.3 Å². The van der Waals surface area contributed by atoms with Gasteiger partial charge in [-0.25, -0.2) is 0 Å². The molecule has 1 aliphatic carbocycles. The maximum absolute atomic E-state index is 12.8. The van der Waals surface area contributed by atoms with E-state index in [1.165, 1.54) is 12.1 Å². The molecule has 1 heterocycles. The van der Waals surface area contributed by atoms with Gasteiger partial charge in [-0.1, -0.05) is 11.6 Å². The second-order valence-corrected chi connectivity index (χ2v) is 5.67. The first kappa shape index (κ1) is 15.7. The minimum atomic E-state index is -4.59. The van der Waals surface area contributed by atoms with Gasteiger partial charge in [0.25, 0.3) is 5.91 Å². The molecule has 1 aliphatic rings. The average Bonchev–Trinajstić information content (AvgIpc) is 3.33. The molecule has 0 saturated heterocycles. The molecular weight excluding hydrogens is 331 g/mol. The van der Waals surface area contributed by atoms with E-state index < -0.39 is 22.7 Å². The summed E-state index contributed by atoms with van der Waals surface area (Å²) in [4.78, 5) is 12.0. The molecule has 1 saturated carbocycles. The van der Waals surface area contributed by atoms with Crippen molar-refractivity contribution in [3.63, 3.8) is 0 Å². The summed E-state index contributed by atoms with van der Waals surface area (Å²) >= 11 is 5.53. The summed E-state index contributed by atoms with van der Waals surface area (Å²) in [6.45, 7) is 0. The van der Waals surface area contributed by atoms with E-state index in [1.54, 1.807) is 6.07 Å². The Morgan fingerprint density at radius 2 is 1.91 bits per heavy atom. The highest BCUT2D eigenvalue weighted by Gasteiger charge is 2.33. The summed E-state index contributed by atoms with van der Waals surface area (Å²) in [5, 5.41) is 9.71. The maximum Gasteiger partial charge on any atom is 0.417 e. The van der Waals surface area contributed by atoms with Crippen LogP contribution in [0.1, 0.15) is 40.5 Å². The largest absolute Gasteiger partial charge is 0.417 e. The topological polar surface area (TPSA) is 54.9 Å². The summed E-state index contributed by atoms with van der Waals surface area (Å²) < 4.78 is 38.4. The molecule has 1 aromatic carbocycles. The van der Waals surface area contributed by atoms with Crippen LogP contribution in [0, 0.1) is 0 Å². The third-order valence-electron chi connectivity index (χ3n) is 3.44. The van der Waals surface area contributed by atoms with Crippen molar-refractivity contribution in [2.24, 2.45) is 0 Å². The van der Waals surface area contributed by atoms with E-state index in [-0.39, 0.29) is 11.4 Å². The lowest BCUT2D eigenvalue weighted by molar-refractivity contribution is -0.137. The zero-order valence-electron chi connectivity index (χ0n) is 11.7. The van der Waals surface area contributed by atoms with Crippen LogP contribution in [0.4, 0.5) is 18.9 Å². The fourth-order valence-corrected chi connectivity index (χ4v) is 2.30. The second-order valence-electron chi connectivity index (χ2n) is 5.26. The van der Waals surface area contributed by atoms with Gasteiger partial charge in [0, 0.05) is 11.6 Å². The van der Waals surface area contributed by atoms with Gasteiger partial charge in [0.15, 0.2) is 5.69 Å². The van der Waals surface area contributed by atoms with Crippen molar-refractivity contribution in [3.05, 3.63) is 52.3 Å². The minimum absolute atomic E-state index is 0.0141. The van der Waals surface area contributed by atoms with Gasteiger partial charge in [-0.15, -0.1) is 5.10 Å². The Morgan fingerprint density at radius 1 is 1.17 bits per heavy atom. The molecule has 4 nitrogen and oxygen atoms in total. The van der Waals surface area contributed by atoms with Crippen LogP contribution in [0.3, 0.4) is 0 Å². The summed E-state index contributed by atoms with van der Waals surface area (Å²) in [5.74, 6) is -0.222. The Balaban J connectivity index is 1.77. The molecule has 0 spiro atoms. The van der Waals surface area contributed by atoms with Gasteiger partial charge < -0.3 is 5.32 Å². The molecule has 0 radical (unpaired) electrons. The fraction of sp³-hybridized carbons (Fsp3) is 0.267. The van der Waals surface area contributed by atoms with Gasteiger partial charge in [-0.05, 0) is 43.2 Å². The summed E-state index contributed by atoms with van der Waals surface area (Å²) in [5.41, 5.74) is -0.155. The van der Waals surface area contributed by atoms with Crippen LogP contribution in [0.15, 0.2) is 30.3 Å². The molecule has 8 heteroatoms. The molecule has 1 N–H and O–H groups in total. The Hall–Kier alpha value is -2.15. The van der Waals surface area contributed by atoms with Crippen molar-refractivity contribution in [2.45, 2.75) is 24.9 Å². The first-order valence-corrected chi connectivity index (χ1v) is 7.24. The molecule has 23 heavy (non-hydrogen) atoms. The number of benzene rings is 1. The Labute approximate surface area is 134 Å². The molecule has 120 valence electrons. The third kappa shape index (κ3) is 3.61. The number of carbonyl (C=O) groups excluding carboxylic acids is 1. The lowest BCUT2D eigenvalue weighted by Gasteiger charge is -2.11. The van der Waals surface area contributed by atoms with E-state index in [1.807, 2.05) is 0 Å². The van der Waals surface area contributed by atoms with Crippen LogP contribution in [-0.4, -0.2) is 16.1 Å². The Kier molecular flexibility index (Phi) is 3.97. The SMILES string of the molecule is O=C(Nc1ccc(Cl)c(C(F)(F)F)c1)c1ccc(C2CC2)nn1. The van der Waals surface area contributed by atoms with E-state index in [2.05, 4.69) is 15.5 Å². The van der Waals surface area contributed by atoms with Crippen LogP contribution in [0.2, 0.25) is 5.02 Å². The highest BCUT2D eigenvalue weighted by Crippen LogP contribution is 2.38. The number of hydrogen-bond acceptors (Lipinski definition) is 3. The van der Waals surface area contributed by atoms with E-state index in [0.29, 0.717) is 5.92 Å². The highest BCUT2D eigenvalue weighted by atomic mass is 35.5. The number of anilines is 1. The summed E-state index contributed by atoms with van der Waals surface area (Å²) in [7, 11) is 0. The van der Waals surface area contributed by atoms with Gasteiger partial charge in [0.2, 0.25) is 0 Å². The number of aromatic nitrogens is 2. The number of nitrogens with one attached hydrogen (secondary N) is 1. The summed E-state index contributed by atoms with van der Waals surface area (Å²) in [6, 6.07) is 6.38. The normalized spacial score (nSPS) is 14.6. The Bertz CT molecular complexity index is 743. The predicted octanol–water partition coefficient (Wildman–Crippen LogP) is 4.28. The minimum Gasteiger partial charge on any atom is -0.321 e. The zero-order chi connectivity index (χ0) is 16.6. The first-order chi connectivity index (χ1) is 10.8. The molecule has 0 bridgehead atoms. The predicted molar refractivity (Wildman–Crippen MR) is 78.4 cm³/mol. The monoisotopic (exact) mass is 341 g/mol. The van der Waals surface area contributed by atoms with Crippen molar-refractivity contribution < 1.29 is 18.0 Å². The maximum atomic E-state index is 12.8. The number of nitrogens with zero attached hydrogens (tertiary/aromatic N) is 2. The summed E-state index contributed by atoms with van der Waals surface area (Å²) in [6.07, 6.45) is -2.47. The third-order valence-corrected chi connectivity index (χ3v) is 3.77. The van der Waals surface area contributed by atoms with Crippen molar-refractivity contribution in [3.8, 4) is 0 Å². The van der Waals surface area contributed by atoms with Gasteiger partial charge >= 0.3 is 6.18 Å². The zero-order valence-corrected chi connectivity index (χ0v) is 12.4. The molecule has 0 aliphatic heterocycles. The van der Waals surface area contributed by atoms with E-state index in [9.17, 15) is 18.0 Å². The number of halogens is 4. The van der Waals surface area contributed by atoms with Crippen molar-refractivity contribution in [1.82, 2.24) is 10.2 Å². The van der Waals surface area contributed by atoms with E-state index in [4.69, 9.17) is 11.6 Å². The van der Waals surface area contributed by atoms with E-state index >= 15 is 0 Å². The highest BCUT2D eigenvalue weighted by molar-refractivity contribution is 6.31. The van der Waals surface area contributed by atoms with Crippen molar-refractivity contribution in [2.75, 3.05) is 5.32 Å². The van der Waals surface area contributed by atoms with Crippen LogP contribution < -0.4 is 5.32 Å². The molecule has 3 rings (SSSR count). The van der Waals surface area contributed by atoms with E-state index in [0.717, 1.165) is 30.7 Å². The molecule has 2 aromatic rings. The van der Waals surface area contributed by atoms with Gasteiger partial charge in [0.1, 0.15) is 0 Å². The first-order valence-electron chi connectivity index (χ1n) is 6.86. The fourth-order valence-electron chi connectivity index (χ4n) is 2.08. The molecule has 1 amide bonds. The number of amides is 1. The smallest absolute Gasteiger partial charge is 0.321 e. The lowest BCUT2D eigenvalue weighted by atomic mass is 10.2. The van der Waals surface area contributed by atoms with Crippen LogP contribution in [-0.2, 0) is 6.18 Å². The molecular formula is C15H11ClF3N3O. The second kappa shape index (κ2) is 5.81. The van der Waals surface area contributed by atoms with Crippen LogP contribution >= 0.6 is 11.6 Å².